The van der Waals surface area contributed by atoms with E-state index in [0.717, 1.165) is 39.6 Å². The second-order valence-electron chi connectivity index (χ2n) is 8.06. The minimum absolute atomic E-state index is 0.0137. The van der Waals surface area contributed by atoms with Crippen LogP contribution in [0.15, 0.2) is 6.33 Å². The van der Waals surface area contributed by atoms with Gasteiger partial charge in [0.2, 0.25) is 5.88 Å². The minimum Gasteiger partial charge on any atom is -0.474 e. The third kappa shape index (κ3) is 4.95. The first-order chi connectivity index (χ1) is 14.5. The van der Waals surface area contributed by atoms with Gasteiger partial charge < -0.3 is 9.64 Å². The molecule has 3 heterocycles. The first-order valence-corrected chi connectivity index (χ1v) is 12.2. The van der Waals surface area contributed by atoms with Gasteiger partial charge in [-0.15, -0.1) is 16.1 Å². The maximum atomic E-state index is 12.6. The summed E-state index contributed by atoms with van der Waals surface area (Å²) in [4.78, 5) is 12.3. The number of alkyl halides is 3. The van der Waals surface area contributed by atoms with Gasteiger partial charge in [-0.2, -0.15) is 25.9 Å². The summed E-state index contributed by atoms with van der Waals surface area (Å²) in [5.41, 5.74) is 0.622. The van der Waals surface area contributed by atoms with Crippen LogP contribution < -0.4 is 9.46 Å². The molecule has 1 aliphatic heterocycles. The van der Waals surface area contributed by atoms with Gasteiger partial charge in [0.15, 0.2) is 0 Å². The zero-order chi connectivity index (χ0) is 22.4. The van der Waals surface area contributed by atoms with Crippen LogP contribution in [0.25, 0.3) is 10.2 Å². The molecular formula is C18H24F3N5O3S2. The summed E-state index contributed by atoms with van der Waals surface area (Å²) in [7, 11) is -0.587. The van der Waals surface area contributed by atoms with E-state index in [-0.39, 0.29) is 19.2 Å². The van der Waals surface area contributed by atoms with Crippen molar-refractivity contribution in [1.29, 1.82) is 0 Å². The maximum absolute atomic E-state index is 12.6. The second-order valence-corrected chi connectivity index (χ2v) is 10.8. The molecule has 2 aliphatic rings. The number of nitrogens with one attached hydrogen (secondary N) is 1. The monoisotopic (exact) mass is 479 g/mol. The Morgan fingerprint density at radius 2 is 1.94 bits per heavy atom. The molecule has 2 aromatic heterocycles. The normalized spacial score (nSPS) is 23.3. The maximum Gasteiger partial charge on any atom is 0.471 e. The van der Waals surface area contributed by atoms with Crippen LogP contribution in [0, 0.1) is 0 Å². The average molecular weight is 480 g/mol. The van der Waals surface area contributed by atoms with Gasteiger partial charge in [-0.3, -0.25) is 0 Å². The van der Waals surface area contributed by atoms with Crippen molar-refractivity contribution >= 4 is 31.8 Å². The third-order valence-corrected chi connectivity index (χ3v) is 8.48. The van der Waals surface area contributed by atoms with Crippen LogP contribution >= 0.6 is 11.3 Å². The van der Waals surface area contributed by atoms with E-state index in [2.05, 4.69) is 29.0 Å². The van der Waals surface area contributed by atoms with Crippen LogP contribution in [-0.2, 0) is 23.2 Å². The van der Waals surface area contributed by atoms with E-state index < -0.39 is 16.5 Å². The lowest BCUT2D eigenvalue weighted by molar-refractivity contribution is -0.139. The van der Waals surface area contributed by atoms with Gasteiger partial charge in [0.1, 0.15) is 17.3 Å². The smallest absolute Gasteiger partial charge is 0.471 e. The highest BCUT2D eigenvalue weighted by molar-refractivity contribution is 7.87. The molecule has 0 amide bonds. The summed E-state index contributed by atoms with van der Waals surface area (Å²) in [5.74, 6) is 0.374. The molecule has 2 aromatic rings. The predicted molar refractivity (Wildman–Crippen MR) is 110 cm³/mol. The number of hydrogen-bond donors (Lipinski definition) is 1. The molecule has 31 heavy (non-hydrogen) atoms. The molecule has 0 aromatic carbocycles. The standard InChI is InChI=1S/C18H24F3N5O3S2/c1-25(2)11-3-5-12(6-4-11)29-16-15-13-9-26(31(27,28)24-18(19,20)21)8-7-14(13)30-17(15)23-10-22-16/h10-12,24H,3-9H2,1-2H3/t11-,12-. The molecule has 0 atom stereocenters. The van der Waals surface area contributed by atoms with Crippen molar-refractivity contribution in [3.63, 3.8) is 0 Å². The zero-order valence-electron chi connectivity index (χ0n) is 17.1. The second kappa shape index (κ2) is 8.43. The Kier molecular flexibility index (Phi) is 6.16. The van der Waals surface area contributed by atoms with E-state index >= 15 is 0 Å². The van der Waals surface area contributed by atoms with Gasteiger partial charge >= 0.3 is 6.30 Å². The highest BCUT2D eigenvalue weighted by atomic mass is 32.2. The van der Waals surface area contributed by atoms with Gasteiger partial charge in [-0.25, -0.2) is 9.97 Å². The van der Waals surface area contributed by atoms with Gasteiger partial charge in [0, 0.05) is 24.0 Å². The number of ether oxygens (including phenoxy) is 1. The van der Waals surface area contributed by atoms with Crippen LogP contribution in [-0.4, -0.2) is 66.7 Å². The van der Waals surface area contributed by atoms with Gasteiger partial charge in [0.25, 0.3) is 10.2 Å². The molecule has 1 saturated carbocycles. The summed E-state index contributed by atoms with van der Waals surface area (Å²) < 4.78 is 70.1. The van der Waals surface area contributed by atoms with Crippen molar-refractivity contribution in [2.45, 2.75) is 57.1 Å². The Balaban J connectivity index is 1.58. The number of rotatable bonds is 5. The van der Waals surface area contributed by atoms with Crippen LogP contribution in [0.4, 0.5) is 13.2 Å². The van der Waals surface area contributed by atoms with Crippen molar-refractivity contribution < 1.29 is 26.3 Å². The highest BCUT2D eigenvalue weighted by Gasteiger charge is 2.39. The quantitative estimate of drug-likeness (QED) is 0.664. The fourth-order valence-electron chi connectivity index (χ4n) is 4.20. The SMILES string of the molecule is CN(C)[C@H]1CC[C@H](Oc2ncnc3sc4c(c23)CN(S(=O)(=O)NC(F)(F)F)CC4)CC1. The molecule has 0 saturated heterocycles. The Morgan fingerprint density at radius 1 is 1.23 bits per heavy atom. The average Bonchev–Trinajstić information content (AvgIpc) is 3.05. The zero-order valence-corrected chi connectivity index (χ0v) is 18.8. The van der Waals surface area contributed by atoms with Crippen molar-refractivity contribution in [3.8, 4) is 5.88 Å². The number of hydrogen-bond acceptors (Lipinski definition) is 7. The lowest BCUT2D eigenvalue weighted by Gasteiger charge is -2.32. The fourth-order valence-corrected chi connectivity index (χ4v) is 6.38. The molecule has 4 rings (SSSR count). The molecule has 0 spiro atoms. The summed E-state index contributed by atoms with van der Waals surface area (Å²) in [6.45, 7) is -0.221. The minimum atomic E-state index is -5.03. The molecule has 1 fully saturated rings. The van der Waals surface area contributed by atoms with Crippen LogP contribution in [0.1, 0.15) is 36.1 Å². The molecule has 8 nitrogen and oxygen atoms in total. The number of fused-ring (bicyclic) bond motifs is 3. The molecule has 1 N–H and O–H groups in total. The van der Waals surface area contributed by atoms with Crippen molar-refractivity contribution in [3.05, 3.63) is 16.8 Å². The van der Waals surface area contributed by atoms with E-state index in [1.165, 1.54) is 17.7 Å². The fraction of sp³-hybridized carbons (Fsp3) is 0.667. The molecule has 0 unspecified atom stereocenters. The van der Waals surface area contributed by atoms with Crippen molar-refractivity contribution in [1.82, 2.24) is 23.9 Å². The summed E-state index contributed by atoms with van der Waals surface area (Å²) in [6.07, 6.45) is 0.422. The largest absolute Gasteiger partial charge is 0.474 e. The lowest BCUT2D eigenvalue weighted by atomic mass is 9.92. The summed E-state index contributed by atoms with van der Waals surface area (Å²) in [5, 5.41) is 0.601. The number of aromatic nitrogens is 2. The van der Waals surface area contributed by atoms with Crippen LogP contribution in [0.5, 0.6) is 5.88 Å². The Bertz CT molecular complexity index is 1050. The number of nitrogens with zero attached hydrogens (tertiary/aromatic N) is 4. The topological polar surface area (TPSA) is 87.7 Å². The molecule has 13 heteroatoms. The van der Waals surface area contributed by atoms with Crippen LogP contribution in [0.3, 0.4) is 0 Å². The molecule has 0 radical (unpaired) electrons. The van der Waals surface area contributed by atoms with Crippen molar-refractivity contribution in [2.24, 2.45) is 0 Å². The first-order valence-electron chi connectivity index (χ1n) is 9.97. The highest BCUT2D eigenvalue weighted by Crippen LogP contribution is 2.39. The Labute approximate surface area is 182 Å². The summed E-state index contributed by atoms with van der Waals surface area (Å²) >= 11 is 1.40. The first kappa shape index (κ1) is 22.6. The van der Waals surface area contributed by atoms with E-state index in [0.29, 0.717) is 34.1 Å². The summed E-state index contributed by atoms with van der Waals surface area (Å²) in [6, 6.07) is 0.513. The Hall–Kier alpha value is -1.54. The molecule has 1 aliphatic carbocycles. The van der Waals surface area contributed by atoms with E-state index in [1.807, 2.05) is 0 Å². The number of halogens is 3. The third-order valence-electron chi connectivity index (χ3n) is 5.80. The predicted octanol–water partition coefficient (Wildman–Crippen LogP) is 2.66. The van der Waals surface area contributed by atoms with Gasteiger partial charge in [0.05, 0.1) is 5.39 Å². The molecular weight excluding hydrogens is 455 g/mol. The molecule has 172 valence electrons. The number of thiophene rings is 1. The lowest BCUT2D eigenvalue weighted by Crippen LogP contribution is -2.48. The van der Waals surface area contributed by atoms with Crippen LogP contribution in [0.2, 0.25) is 0 Å². The molecule has 0 bridgehead atoms. The van der Waals surface area contributed by atoms with Gasteiger partial charge in [-0.05, 0) is 51.8 Å². The van der Waals surface area contributed by atoms with E-state index in [9.17, 15) is 21.6 Å². The van der Waals surface area contributed by atoms with Crippen molar-refractivity contribution in [2.75, 3.05) is 20.6 Å². The van der Waals surface area contributed by atoms with E-state index in [1.54, 1.807) is 0 Å². The van der Waals surface area contributed by atoms with Gasteiger partial charge in [-0.1, -0.05) is 0 Å². The van der Waals surface area contributed by atoms with E-state index in [4.69, 9.17) is 4.74 Å². The Morgan fingerprint density at radius 3 is 2.58 bits per heavy atom.